The SMILES string of the molecule is C[C@@H]1C[C@]2(NCCS2)[C@]2(O)O[C@@H]3C[C@@]4(C=O)[C@@H](CC[C@@H]5[C@H]4CC[C@]4(C)[C@@H](C6=CC(=O)OC6)CC[C@]54O)C[C@H]3O[C@@H]2O1. The minimum Gasteiger partial charge on any atom is -0.458 e. The summed E-state index contributed by atoms with van der Waals surface area (Å²) in [4.78, 5) is 24.5. The van der Waals surface area contributed by atoms with Crippen LogP contribution >= 0.6 is 11.8 Å². The van der Waals surface area contributed by atoms with Crippen LogP contribution < -0.4 is 5.32 Å². The standard InChI is InChI=1S/C31H43NO8S/c1-17-13-30(32-9-10-41-30)31(36)26(38-17)39-23-12-19-3-4-22-21(28(19,16-33)14-24(23)40-31)5-7-27(2)20(6-8-29(22,27)35)18-11-25(34)37-15-18/h11,16-17,19-24,26,32,35-36H,3-10,12-15H2,1-2H3/t17-,19+,20-,21-,22-,23-,24-,26+,27-,28-,29+,30-,31-/m1/s1. The van der Waals surface area contributed by atoms with E-state index in [1.165, 1.54) is 6.29 Å². The Morgan fingerprint density at radius 1 is 1.07 bits per heavy atom. The maximum atomic E-state index is 13.3. The van der Waals surface area contributed by atoms with Crippen molar-refractivity contribution in [3.8, 4) is 0 Å². The smallest absolute Gasteiger partial charge is 0.331 e. The van der Waals surface area contributed by atoms with Gasteiger partial charge in [-0.05, 0) is 87.5 Å². The van der Waals surface area contributed by atoms with Crippen LogP contribution in [-0.2, 0) is 28.5 Å². The highest BCUT2D eigenvalue weighted by Gasteiger charge is 2.72. The number of fused-ring (bicyclic) bond motifs is 8. The molecule has 8 aliphatic rings. The summed E-state index contributed by atoms with van der Waals surface area (Å²) < 4.78 is 24.7. The molecule has 4 saturated carbocycles. The summed E-state index contributed by atoms with van der Waals surface area (Å²) in [6.07, 6.45) is 7.86. The van der Waals surface area contributed by atoms with Crippen molar-refractivity contribution in [2.45, 2.75) is 112 Å². The minimum absolute atomic E-state index is 0.000442. The van der Waals surface area contributed by atoms with Crippen LogP contribution in [0, 0.1) is 34.5 Å². The molecule has 4 aliphatic heterocycles. The second kappa shape index (κ2) is 9.02. The molecule has 0 unspecified atom stereocenters. The van der Waals surface area contributed by atoms with Crippen molar-refractivity contribution in [1.29, 1.82) is 0 Å². The Labute approximate surface area is 245 Å². The summed E-state index contributed by atoms with van der Waals surface area (Å²) in [5, 5.41) is 28.2. The molecule has 226 valence electrons. The maximum absolute atomic E-state index is 13.3. The van der Waals surface area contributed by atoms with Crippen LogP contribution in [0.2, 0.25) is 0 Å². The summed E-state index contributed by atoms with van der Waals surface area (Å²) in [5.41, 5.74) is -0.884. The summed E-state index contributed by atoms with van der Waals surface area (Å²) in [5.74, 6) is -0.765. The van der Waals surface area contributed by atoms with E-state index in [0.29, 0.717) is 32.3 Å². The van der Waals surface area contributed by atoms with E-state index in [0.717, 1.165) is 50.0 Å². The summed E-state index contributed by atoms with van der Waals surface area (Å²) >= 11 is 1.68. The zero-order valence-electron chi connectivity index (χ0n) is 24.0. The van der Waals surface area contributed by atoms with E-state index < -0.39 is 34.1 Å². The van der Waals surface area contributed by atoms with Gasteiger partial charge in [0.2, 0.25) is 12.1 Å². The second-order valence-electron chi connectivity index (χ2n) is 14.6. The Morgan fingerprint density at radius 2 is 1.93 bits per heavy atom. The Morgan fingerprint density at radius 3 is 2.66 bits per heavy atom. The van der Waals surface area contributed by atoms with Gasteiger partial charge in [-0.25, -0.2) is 4.79 Å². The van der Waals surface area contributed by atoms with Crippen molar-refractivity contribution in [2.24, 2.45) is 34.5 Å². The Hall–Kier alpha value is -1.01. The van der Waals surface area contributed by atoms with Gasteiger partial charge in [0.05, 0.1) is 23.9 Å². The van der Waals surface area contributed by atoms with Crippen LogP contribution in [0.15, 0.2) is 11.6 Å². The van der Waals surface area contributed by atoms with E-state index in [9.17, 15) is 19.8 Å². The van der Waals surface area contributed by atoms with Crippen molar-refractivity contribution < 1.29 is 38.7 Å². The van der Waals surface area contributed by atoms with E-state index in [2.05, 4.69) is 12.2 Å². The van der Waals surface area contributed by atoms with Gasteiger partial charge in [0.1, 0.15) is 17.8 Å². The summed E-state index contributed by atoms with van der Waals surface area (Å²) in [7, 11) is 0. The van der Waals surface area contributed by atoms with Gasteiger partial charge in [0.15, 0.2) is 0 Å². The maximum Gasteiger partial charge on any atom is 0.331 e. The third kappa shape index (κ3) is 3.47. The van der Waals surface area contributed by atoms with E-state index in [-0.39, 0.29) is 47.3 Å². The molecule has 3 saturated heterocycles. The predicted molar refractivity (Wildman–Crippen MR) is 148 cm³/mol. The number of carbonyl (C=O) groups is 2. The van der Waals surface area contributed by atoms with Crippen molar-refractivity contribution >= 4 is 24.0 Å². The quantitative estimate of drug-likeness (QED) is 0.252. The number of cyclic esters (lactones) is 1. The van der Waals surface area contributed by atoms with E-state index in [4.69, 9.17) is 18.9 Å². The second-order valence-corrected chi connectivity index (χ2v) is 16.0. The van der Waals surface area contributed by atoms with Gasteiger partial charge < -0.3 is 34.0 Å². The molecule has 9 nitrogen and oxygen atoms in total. The molecule has 41 heavy (non-hydrogen) atoms. The van der Waals surface area contributed by atoms with Gasteiger partial charge in [-0.15, -0.1) is 11.8 Å². The highest BCUT2D eigenvalue weighted by molar-refractivity contribution is 8.01. The Kier molecular flexibility index (Phi) is 6.06. The first kappa shape index (κ1) is 27.5. The van der Waals surface area contributed by atoms with E-state index in [1.54, 1.807) is 17.8 Å². The first-order valence-electron chi connectivity index (χ1n) is 15.7. The molecule has 0 amide bonds. The molecule has 4 aliphatic carbocycles. The van der Waals surface area contributed by atoms with Crippen LogP contribution in [0.5, 0.6) is 0 Å². The van der Waals surface area contributed by atoms with Gasteiger partial charge in [0, 0.05) is 35.6 Å². The van der Waals surface area contributed by atoms with E-state index >= 15 is 0 Å². The third-order valence-corrected chi connectivity index (χ3v) is 14.6. The molecule has 0 aromatic carbocycles. The lowest BCUT2D eigenvalue weighted by molar-refractivity contribution is -0.448. The molecule has 3 N–H and O–H groups in total. The highest BCUT2D eigenvalue weighted by Crippen LogP contribution is 2.70. The molecule has 4 heterocycles. The number of aliphatic hydroxyl groups is 2. The molecule has 13 atom stereocenters. The fraction of sp³-hybridized carbons (Fsp3) is 0.871. The van der Waals surface area contributed by atoms with Crippen LogP contribution in [0.1, 0.15) is 71.6 Å². The van der Waals surface area contributed by atoms with Crippen LogP contribution in [0.3, 0.4) is 0 Å². The lowest BCUT2D eigenvalue weighted by atomic mass is 9.42. The molecule has 0 bridgehead atoms. The summed E-state index contributed by atoms with van der Waals surface area (Å²) in [6.45, 7) is 5.32. The molecule has 0 aromatic heterocycles. The first-order chi connectivity index (χ1) is 19.6. The third-order valence-electron chi connectivity index (χ3n) is 13.1. The monoisotopic (exact) mass is 589 g/mol. The lowest BCUT2D eigenvalue weighted by Gasteiger charge is -2.65. The normalized spacial score (nSPS) is 57.6. The fourth-order valence-electron chi connectivity index (χ4n) is 11.2. The number of nitrogens with one attached hydrogen (secondary N) is 1. The van der Waals surface area contributed by atoms with Crippen LogP contribution in [-0.4, -0.2) is 82.2 Å². The number of hydrogen-bond donors (Lipinski definition) is 3. The predicted octanol–water partition coefficient (Wildman–Crippen LogP) is 2.67. The van der Waals surface area contributed by atoms with Crippen molar-refractivity contribution in [3.05, 3.63) is 11.6 Å². The van der Waals surface area contributed by atoms with Crippen molar-refractivity contribution in [2.75, 3.05) is 18.9 Å². The topological polar surface area (TPSA) is 124 Å². The van der Waals surface area contributed by atoms with E-state index in [1.807, 2.05) is 6.92 Å². The van der Waals surface area contributed by atoms with Gasteiger partial charge in [0.25, 0.3) is 0 Å². The molecule has 8 rings (SSSR count). The lowest BCUT2D eigenvalue weighted by Crippen LogP contribution is -2.76. The highest BCUT2D eigenvalue weighted by atomic mass is 32.2. The number of carbonyl (C=O) groups excluding carboxylic acids is 2. The number of ether oxygens (including phenoxy) is 4. The largest absolute Gasteiger partial charge is 0.458 e. The molecule has 1 spiro atoms. The van der Waals surface area contributed by atoms with Crippen molar-refractivity contribution in [3.63, 3.8) is 0 Å². The number of hydrogen-bond acceptors (Lipinski definition) is 10. The fourth-order valence-corrected chi connectivity index (χ4v) is 12.6. The Bertz CT molecular complexity index is 1170. The van der Waals surface area contributed by atoms with Crippen LogP contribution in [0.25, 0.3) is 0 Å². The molecule has 10 heteroatoms. The zero-order valence-corrected chi connectivity index (χ0v) is 24.8. The van der Waals surface area contributed by atoms with Gasteiger partial charge in [-0.3, -0.25) is 5.32 Å². The first-order valence-corrected chi connectivity index (χ1v) is 16.7. The average Bonchev–Trinajstić information content (AvgIpc) is 3.65. The summed E-state index contributed by atoms with van der Waals surface area (Å²) in [6, 6.07) is 0. The zero-order chi connectivity index (χ0) is 28.4. The molecular formula is C31H43NO8S. The Balaban J connectivity index is 1.10. The minimum atomic E-state index is -1.65. The number of thioether (sulfide) groups is 1. The van der Waals surface area contributed by atoms with Gasteiger partial charge >= 0.3 is 5.97 Å². The van der Waals surface area contributed by atoms with Crippen molar-refractivity contribution in [1.82, 2.24) is 5.32 Å². The molecule has 0 aromatic rings. The van der Waals surface area contributed by atoms with Gasteiger partial charge in [-0.2, -0.15) is 0 Å². The molecule has 0 radical (unpaired) electrons. The molecule has 7 fully saturated rings. The number of rotatable bonds is 2. The number of esters is 1. The molecular weight excluding hydrogens is 546 g/mol. The van der Waals surface area contributed by atoms with Gasteiger partial charge in [-0.1, -0.05) is 6.92 Å². The number of aldehydes is 1. The average molecular weight is 590 g/mol. The van der Waals surface area contributed by atoms with Crippen LogP contribution in [0.4, 0.5) is 0 Å².